The van der Waals surface area contributed by atoms with Crippen LogP contribution in [0.3, 0.4) is 0 Å². The Morgan fingerprint density at radius 3 is 2.50 bits per heavy atom. The van der Waals surface area contributed by atoms with E-state index in [1.54, 1.807) is 0 Å². The van der Waals surface area contributed by atoms with Crippen LogP contribution in [-0.4, -0.2) is 19.5 Å². The number of aromatic nitrogens is 1. The van der Waals surface area contributed by atoms with Crippen LogP contribution in [0.2, 0.25) is 0 Å². The smallest absolute Gasteiger partial charge is 0.213 e. The van der Waals surface area contributed by atoms with Gasteiger partial charge in [-0.25, -0.2) is 0 Å². The number of hydrogen-bond acceptors (Lipinski definition) is 2. The minimum atomic E-state index is -0.0777. The maximum atomic E-state index is 5.68. The molecule has 4 heteroatoms. The Balaban J connectivity index is 0.00000225. The summed E-state index contributed by atoms with van der Waals surface area (Å²) in [4.78, 5) is 0. The summed E-state index contributed by atoms with van der Waals surface area (Å²) in [6.45, 7) is 4.60. The summed E-state index contributed by atoms with van der Waals surface area (Å²) in [6, 6.07) is 19.4. The minimum Gasteiger partial charge on any atom is -1.00 e. The molecule has 1 aromatic heterocycles. The molecule has 0 saturated carbocycles. The molecule has 0 aliphatic carbocycles. The highest BCUT2D eigenvalue weighted by Crippen LogP contribution is 2.19. The third-order valence-corrected chi connectivity index (χ3v) is 4.99. The number of fused-ring (bicyclic) bond motifs is 1. The van der Waals surface area contributed by atoms with Crippen LogP contribution in [0.4, 0.5) is 0 Å². The van der Waals surface area contributed by atoms with Gasteiger partial charge in [0.1, 0.15) is 0 Å². The predicted octanol–water partition coefficient (Wildman–Crippen LogP) is 1.76. The highest BCUT2D eigenvalue weighted by atomic mass is 79.9. The first-order valence-electron chi connectivity index (χ1n) is 9.69. The van der Waals surface area contributed by atoms with Gasteiger partial charge in [-0.1, -0.05) is 54.1 Å². The largest absolute Gasteiger partial charge is 1.00 e. The third kappa shape index (κ3) is 5.07. The molecule has 0 unspecified atom stereocenters. The Labute approximate surface area is 177 Å². The van der Waals surface area contributed by atoms with Gasteiger partial charge < -0.3 is 26.5 Å². The Morgan fingerprint density at radius 1 is 0.964 bits per heavy atom. The van der Waals surface area contributed by atoms with E-state index < -0.39 is 0 Å². The summed E-state index contributed by atoms with van der Waals surface area (Å²) in [5.74, 6) is 0. The van der Waals surface area contributed by atoms with Gasteiger partial charge in [-0.05, 0) is 30.5 Å². The normalized spacial score (nSPS) is 15.0. The van der Waals surface area contributed by atoms with E-state index in [0.29, 0.717) is 0 Å². The summed E-state index contributed by atoms with van der Waals surface area (Å²) in [6.07, 6.45) is 8.33. The van der Waals surface area contributed by atoms with Crippen molar-refractivity contribution in [2.75, 3.05) is 13.2 Å². The fraction of sp³-hybridized carbons (Fsp3) is 0.292. The van der Waals surface area contributed by atoms with Crippen molar-refractivity contribution in [1.82, 2.24) is 0 Å². The molecule has 146 valence electrons. The van der Waals surface area contributed by atoms with Gasteiger partial charge in [-0.3, -0.25) is 0 Å². The Morgan fingerprint density at radius 2 is 1.71 bits per heavy atom. The summed E-state index contributed by atoms with van der Waals surface area (Å²) in [5.41, 5.74) is 4.96. The second kappa shape index (κ2) is 9.97. The molecule has 2 heterocycles. The zero-order valence-corrected chi connectivity index (χ0v) is 17.8. The lowest BCUT2D eigenvalue weighted by molar-refractivity contribution is -0.673. The van der Waals surface area contributed by atoms with Crippen molar-refractivity contribution >= 4 is 23.1 Å². The lowest BCUT2D eigenvalue weighted by Gasteiger charge is -2.22. The molecule has 0 radical (unpaired) electrons. The SMILES string of the molecule is Cc1ccc(/C=C/c2cc[n+](CCC3OCCCO3)c3ccccc23)cc1.[Br-]. The highest BCUT2D eigenvalue weighted by Gasteiger charge is 2.18. The van der Waals surface area contributed by atoms with E-state index in [-0.39, 0.29) is 23.3 Å². The number of pyridine rings is 1. The lowest BCUT2D eigenvalue weighted by atomic mass is 10.1. The Bertz CT molecular complexity index is 931. The van der Waals surface area contributed by atoms with Crippen molar-refractivity contribution in [3.63, 3.8) is 0 Å². The number of hydrogen-bond donors (Lipinski definition) is 0. The van der Waals surface area contributed by atoms with Crippen LogP contribution in [-0.2, 0) is 16.0 Å². The van der Waals surface area contributed by atoms with Crippen LogP contribution in [0.1, 0.15) is 29.5 Å². The summed E-state index contributed by atoms with van der Waals surface area (Å²) >= 11 is 0. The van der Waals surface area contributed by atoms with E-state index in [1.807, 2.05) is 0 Å². The Kier molecular flexibility index (Phi) is 7.37. The number of para-hydroxylation sites is 1. The van der Waals surface area contributed by atoms with Gasteiger partial charge in [-0.15, -0.1) is 0 Å². The molecule has 4 rings (SSSR count). The van der Waals surface area contributed by atoms with Crippen LogP contribution in [0.5, 0.6) is 0 Å². The molecule has 0 amide bonds. The molecule has 1 aliphatic rings. The van der Waals surface area contributed by atoms with Crippen LogP contribution < -0.4 is 21.5 Å². The molecule has 2 aromatic carbocycles. The topological polar surface area (TPSA) is 22.3 Å². The van der Waals surface area contributed by atoms with Crippen LogP contribution in [0.25, 0.3) is 23.1 Å². The molecule has 3 aromatic rings. The second-order valence-electron chi connectivity index (χ2n) is 7.04. The summed E-state index contributed by atoms with van der Waals surface area (Å²) in [7, 11) is 0. The van der Waals surface area contributed by atoms with Crippen molar-refractivity contribution in [2.45, 2.75) is 32.6 Å². The number of benzene rings is 2. The Hall–Kier alpha value is -2.01. The van der Waals surface area contributed by atoms with Crippen LogP contribution in [0.15, 0.2) is 60.8 Å². The standard InChI is InChI=1S/C24H26NO2.BrH/c1-19-7-9-20(10-8-19)11-12-21-13-15-25(23-6-3-2-5-22(21)23)16-14-24-26-17-4-18-27-24;/h2-3,5-13,15,24H,4,14,16-18H2,1H3;1H/q+1;/p-1/b12-11+;. The number of ether oxygens (including phenoxy) is 2. The molecular formula is C24H26BrNO2. The molecule has 0 bridgehead atoms. The predicted molar refractivity (Wildman–Crippen MR) is 109 cm³/mol. The second-order valence-corrected chi connectivity index (χ2v) is 7.04. The average Bonchev–Trinajstić information content (AvgIpc) is 2.73. The van der Waals surface area contributed by atoms with Crippen molar-refractivity contribution < 1.29 is 31.0 Å². The first-order chi connectivity index (χ1) is 13.3. The molecule has 0 spiro atoms. The molecular weight excluding hydrogens is 414 g/mol. The van der Waals surface area contributed by atoms with Crippen molar-refractivity contribution in [1.29, 1.82) is 0 Å². The molecule has 0 N–H and O–H groups in total. The fourth-order valence-electron chi connectivity index (χ4n) is 3.46. The number of halogens is 1. The molecule has 1 aliphatic heterocycles. The van der Waals surface area contributed by atoms with Crippen LogP contribution in [0, 0.1) is 6.92 Å². The van der Waals surface area contributed by atoms with Crippen molar-refractivity contribution in [3.05, 3.63) is 77.5 Å². The number of aryl methyl sites for hydroxylation is 2. The van der Waals surface area contributed by atoms with E-state index in [4.69, 9.17) is 9.47 Å². The quantitative estimate of drug-likeness (QED) is 0.565. The first kappa shape index (κ1) is 20.7. The maximum absolute atomic E-state index is 5.68. The van der Waals surface area contributed by atoms with Gasteiger partial charge in [-0.2, -0.15) is 4.57 Å². The summed E-state index contributed by atoms with van der Waals surface area (Å²) in [5, 5.41) is 1.26. The van der Waals surface area contributed by atoms with Crippen molar-refractivity contribution in [3.8, 4) is 0 Å². The van der Waals surface area contributed by atoms with E-state index in [9.17, 15) is 0 Å². The van der Waals surface area contributed by atoms with Gasteiger partial charge in [0.25, 0.3) is 0 Å². The summed E-state index contributed by atoms with van der Waals surface area (Å²) < 4.78 is 13.7. The maximum Gasteiger partial charge on any atom is 0.213 e. The number of rotatable bonds is 5. The fourth-order valence-corrected chi connectivity index (χ4v) is 3.46. The van der Waals surface area contributed by atoms with E-state index >= 15 is 0 Å². The van der Waals surface area contributed by atoms with Gasteiger partial charge in [0, 0.05) is 12.1 Å². The zero-order chi connectivity index (χ0) is 18.5. The first-order valence-corrected chi connectivity index (χ1v) is 9.69. The molecule has 1 fully saturated rings. The monoisotopic (exact) mass is 439 g/mol. The zero-order valence-electron chi connectivity index (χ0n) is 16.2. The average molecular weight is 440 g/mol. The molecule has 3 nitrogen and oxygen atoms in total. The third-order valence-electron chi connectivity index (χ3n) is 4.99. The van der Waals surface area contributed by atoms with Gasteiger partial charge >= 0.3 is 0 Å². The van der Waals surface area contributed by atoms with Gasteiger partial charge in [0.05, 0.1) is 25.0 Å². The lowest BCUT2D eigenvalue weighted by Crippen LogP contribution is -3.00. The van der Waals surface area contributed by atoms with Gasteiger partial charge in [0.15, 0.2) is 19.0 Å². The highest BCUT2D eigenvalue weighted by molar-refractivity contribution is 5.88. The molecule has 0 atom stereocenters. The van der Waals surface area contributed by atoms with Gasteiger partial charge in [0.2, 0.25) is 5.52 Å². The van der Waals surface area contributed by atoms with E-state index in [2.05, 4.69) is 84.4 Å². The van der Waals surface area contributed by atoms with E-state index in [1.165, 1.54) is 27.6 Å². The van der Waals surface area contributed by atoms with Crippen LogP contribution >= 0.6 is 0 Å². The molecule has 1 saturated heterocycles. The van der Waals surface area contributed by atoms with Crippen molar-refractivity contribution in [2.24, 2.45) is 0 Å². The minimum absolute atomic E-state index is 0. The molecule has 28 heavy (non-hydrogen) atoms. The number of nitrogens with zero attached hydrogens (tertiary/aromatic N) is 1. The van der Waals surface area contributed by atoms with E-state index in [0.717, 1.165) is 32.6 Å².